The highest BCUT2D eigenvalue weighted by molar-refractivity contribution is 7.98. The minimum atomic E-state index is -0.358. The van der Waals surface area contributed by atoms with Gasteiger partial charge in [0.25, 0.3) is 5.91 Å². The van der Waals surface area contributed by atoms with Gasteiger partial charge in [0.15, 0.2) is 5.01 Å². The van der Waals surface area contributed by atoms with Gasteiger partial charge in [0.1, 0.15) is 0 Å². The number of hydrogen-bond donors (Lipinski definition) is 3. The zero-order chi connectivity index (χ0) is 13.0. The Kier molecular flexibility index (Phi) is 4.19. The first kappa shape index (κ1) is 12.9. The highest BCUT2D eigenvalue weighted by Gasteiger charge is 2.09. The smallest absolute Gasteiger partial charge is 0.294 e. The average Bonchev–Trinajstić information content (AvgIpc) is 2.86. The number of amides is 1. The maximum atomic E-state index is 11.2. The Bertz CT molecular complexity index is 538. The van der Waals surface area contributed by atoms with Gasteiger partial charge in [-0.2, -0.15) is 0 Å². The van der Waals surface area contributed by atoms with Crippen LogP contribution in [-0.2, 0) is 5.75 Å². The van der Waals surface area contributed by atoms with Gasteiger partial charge in [0, 0.05) is 21.7 Å². The van der Waals surface area contributed by atoms with Crippen LogP contribution < -0.4 is 17.0 Å². The number of benzene rings is 1. The molecule has 5 nitrogen and oxygen atoms in total. The van der Waals surface area contributed by atoms with Crippen LogP contribution in [0.5, 0.6) is 0 Å². The van der Waals surface area contributed by atoms with E-state index in [0.29, 0.717) is 10.8 Å². The first-order valence-electron chi connectivity index (χ1n) is 5.12. The normalized spacial score (nSPS) is 10.3. The quantitative estimate of drug-likeness (QED) is 0.260. The van der Waals surface area contributed by atoms with Crippen LogP contribution >= 0.6 is 23.1 Å². The van der Waals surface area contributed by atoms with Crippen molar-refractivity contribution in [1.29, 1.82) is 0 Å². The van der Waals surface area contributed by atoms with Crippen molar-refractivity contribution in [2.24, 2.45) is 5.84 Å². The summed E-state index contributed by atoms with van der Waals surface area (Å²) in [6.07, 6.45) is 0. The fourth-order valence-electron chi connectivity index (χ4n) is 1.26. The van der Waals surface area contributed by atoms with Crippen molar-refractivity contribution in [2.75, 3.05) is 5.73 Å². The third kappa shape index (κ3) is 3.22. The van der Waals surface area contributed by atoms with E-state index in [1.54, 1.807) is 11.8 Å². The van der Waals surface area contributed by atoms with E-state index in [9.17, 15) is 4.79 Å². The Balaban J connectivity index is 1.96. The number of carbonyl (C=O) groups excluding carboxylic acids is 1. The van der Waals surface area contributed by atoms with Crippen LogP contribution in [-0.4, -0.2) is 10.9 Å². The number of nitrogens with two attached hydrogens (primary N) is 2. The van der Waals surface area contributed by atoms with E-state index in [1.165, 1.54) is 11.3 Å². The molecule has 0 spiro atoms. The summed E-state index contributed by atoms with van der Waals surface area (Å²) in [5.41, 5.74) is 9.28. The molecule has 0 aliphatic carbocycles. The molecule has 0 saturated heterocycles. The van der Waals surface area contributed by atoms with E-state index in [1.807, 2.05) is 29.6 Å². The van der Waals surface area contributed by atoms with Gasteiger partial charge in [-0.3, -0.25) is 10.2 Å². The number of nitrogens with one attached hydrogen (secondary N) is 1. The number of thioether (sulfide) groups is 1. The summed E-state index contributed by atoms with van der Waals surface area (Å²) >= 11 is 2.92. The number of hydrogen-bond acceptors (Lipinski definition) is 6. The molecule has 2 rings (SSSR count). The number of aromatic nitrogens is 1. The molecule has 5 N–H and O–H groups in total. The van der Waals surface area contributed by atoms with Gasteiger partial charge >= 0.3 is 0 Å². The molecule has 18 heavy (non-hydrogen) atoms. The highest BCUT2D eigenvalue weighted by Crippen LogP contribution is 2.24. The molecule has 0 atom stereocenters. The monoisotopic (exact) mass is 280 g/mol. The number of rotatable bonds is 4. The molecule has 0 radical (unpaired) electrons. The maximum absolute atomic E-state index is 11.2. The summed E-state index contributed by atoms with van der Waals surface area (Å²) in [5.74, 6) is 5.39. The zero-order valence-electron chi connectivity index (χ0n) is 9.42. The molecule has 7 heteroatoms. The van der Waals surface area contributed by atoms with Crippen molar-refractivity contribution in [3.05, 3.63) is 40.3 Å². The van der Waals surface area contributed by atoms with E-state index >= 15 is 0 Å². The molecule has 1 heterocycles. The van der Waals surface area contributed by atoms with Crippen LogP contribution in [0.1, 0.15) is 15.5 Å². The summed E-state index contributed by atoms with van der Waals surface area (Å²) in [7, 11) is 0. The summed E-state index contributed by atoms with van der Waals surface area (Å²) < 4.78 is 0. The van der Waals surface area contributed by atoms with Gasteiger partial charge in [-0.15, -0.1) is 23.1 Å². The maximum Gasteiger partial charge on any atom is 0.294 e. The second-order valence-electron chi connectivity index (χ2n) is 3.48. The summed E-state index contributed by atoms with van der Waals surface area (Å²) in [6.45, 7) is 0. The van der Waals surface area contributed by atoms with Crippen LogP contribution in [0.15, 0.2) is 34.5 Å². The van der Waals surface area contributed by atoms with Crippen molar-refractivity contribution >= 4 is 34.7 Å². The summed E-state index contributed by atoms with van der Waals surface area (Å²) in [6, 6.07) is 7.63. The Morgan fingerprint density at radius 3 is 2.78 bits per heavy atom. The molecule has 0 bridgehead atoms. The molecular formula is C11H12N4OS2. The van der Waals surface area contributed by atoms with Gasteiger partial charge in [0.05, 0.1) is 5.69 Å². The largest absolute Gasteiger partial charge is 0.399 e. The minimum absolute atomic E-state index is 0.358. The Morgan fingerprint density at radius 2 is 2.11 bits per heavy atom. The molecule has 0 unspecified atom stereocenters. The van der Waals surface area contributed by atoms with Gasteiger partial charge < -0.3 is 5.73 Å². The van der Waals surface area contributed by atoms with Crippen molar-refractivity contribution in [2.45, 2.75) is 10.6 Å². The Hall–Kier alpha value is -1.57. The van der Waals surface area contributed by atoms with Crippen molar-refractivity contribution in [3.63, 3.8) is 0 Å². The van der Waals surface area contributed by atoms with E-state index in [2.05, 4.69) is 10.4 Å². The van der Waals surface area contributed by atoms with E-state index < -0.39 is 0 Å². The van der Waals surface area contributed by atoms with E-state index in [0.717, 1.165) is 16.3 Å². The van der Waals surface area contributed by atoms with Crippen molar-refractivity contribution in [3.8, 4) is 0 Å². The van der Waals surface area contributed by atoms with Crippen LogP contribution in [0, 0.1) is 0 Å². The van der Waals surface area contributed by atoms with Gasteiger partial charge in [0.2, 0.25) is 0 Å². The first-order chi connectivity index (χ1) is 8.69. The minimum Gasteiger partial charge on any atom is -0.399 e. The fraction of sp³-hybridized carbons (Fsp3) is 0.0909. The summed E-state index contributed by atoms with van der Waals surface area (Å²) in [4.78, 5) is 16.5. The van der Waals surface area contributed by atoms with Gasteiger partial charge in [-0.25, -0.2) is 10.8 Å². The van der Waals surface area contributed by atoms with Crippen LogP contribution in [0.3, 0.4) is 0 Å². The van der Waals surface area contributed by atoms with Crippen LogP contribution in [0.4, 0.5) is 5.69 Å². The predicted molar refractivity (Wildman–Crippen MR) is 74.2 cm³/mol. The molecule has 0 aliphatic rings. The van der Waals surface area contributed by atoms with Crippen LogP contribution in [0.2, 0.25) is 0 Å². The average molecular weight is 280 g/mol. The third-order valence-electron chi connectivity index (χ3n) is 2.14. The highest BCUT2D eigenvalue weighted by atomic mass is 32.2. The first-order valence-corrected chi connectivity index (χ1v) is 6.99. The van der Waals surface area contributed by atoms with Crippen molar-refractivity contribution < 1.29 is 4.79 Å². The zero-order valence-corrected chi connectivity index (χ0v) is 11.1. The molecule has 1 amide bonds. The molecule has 2 aromatic rings. The fourth-order valence-corrected chi connectivity index (χ4v) is 2.88. The lowest BCUT2D eigenvalue weighted by Crippen LogP contribution is -2.29. The standard InChI is InChI=1S/C11H12N4OS2/c12-7-1-3-9(4-2-7)17-5-8-6-18-11(14-8)10(16)15-13/h1-4,6H,5,12-13H2,(H,15,16). The van der Waals surface area contributed by atoms with E-state index in [-0.39, 0.29) is 5.91 Å². The lowest BCUT2D eigenvalue weighted by molar-refractivity contribution is 0.0953. The lowest BCUT2D eigenvalue weighted by atomic mass is 10.3. The molecular weight excluding hydrogens is 268 g/mol. The SMILES string of the molecule is NNC(=O)c1nc(CSc2ccc(N)cc2)cs1. The number of nitrogens with zero attached hydrogens (tertiary/aromatic N) is 1. The van der Waals surface area contributed by atoms with E-state index in [4.69, 9.17) is 11.6 Å². The number of nitrogen functional groups attached to an aromatic ring is 2. The number of carbonyl (C=O) groups is 1. The molecule has 0 saturated carbocycles. The van der Waals surface area contributed by atoms with Crippen LogP contribution in [0.25, 0.3) is 0 Å². The molecule has 0 fully saturated rings. The lowest BCUT2D eigenvalue weighted by Gasteiger charge is -1.99. The second-order valence-corrected chi connectivity index (χ2v) is 5.38. The third-order valence-corrected chi connectivity index (χ3v) is 4.08. The van der Waals surface area contributed by atoms with Gasteiger partial charge in [-0.05, 0) is 24.3 Å². The molecule has 0 aliphatic heterocycles. The Labute approximate surface area is 113 Å². The molecule has 1 aromatic carbocycles. The molecule has 94 valence electrons. The van der Waals surface area contributed by atoms with Crippen molar-refractivity contribution in [1.82, 2.24) is 10.4 Å². The summed E-state index contributed by atoms with van der Waals surface area (Å²) in [5, 5.41) is 2.24. The number of hydrazine groups is 1. The molecule has 1 aromatic heterocycles. The predicted octanol–water partition coefficient (Wildman–Crippen LogP) is 1.62. The van der Waals surface area contributed by atoms with Gasteiger partial charge in [-0.1, -0.05) is 0 Å². The number of thiazole rings is 1. The second kappa shape index (κ2) is 5.85. The number of anilines is 1. The Morgan fingerprint density at radius 1 is 1.39 bits per heavy atom. The topological polar surface area (TPSA) is 94.0 Å².